The van der Waals surface area contributed by atoms with Gasteiger partial charge in [-0.3, -0.25) is 24.7 Å². The summed E-state index contributed by atoms with van der Waals surface area (Å²) in [4.78, 5) is 63.1. The zero-order valence-corrected chi connectivity index (χ0v) is 21.0. The molecule has 2 rings (SSSR count). The molecule has 194 valence electrons. The highest BCUT2D eigenvalue weighted by molar-refractivity contribution is 8.00. The van der Waals surface area contributed by atoms with Gasteiger partial charge in [-0.15, -0.1) is 11.8 Å². The molecule has 4 atom stereocenters. The van der Waals surface area contributed by atoms with Crippen molar-refractivity contribution in [2.24, 2.45) is 0 Å². The summed E-state index contributed by atoms with van der Waals surface area (Å²) in [6.07, 6.45) is -4.02. The number of ether oxygens (including phenoxy) is 5. The number of carbonyl (C=O) groups is 5. The van der Waals surface area contributed by atoms with Crippen LogP contribution in [0, 0.1) is 5.41 Å². The van der Waals surface area contributed by atoms with Gasteiger partial charge in [0.15, 0.2) is 5.17 Å². The normalized spacial score (nSPS) is 20.7. The summed E-state index contributed by atoms with van der Waals surface area (Å²) in [5, 5.41) is 8.11. The van der Waals surface area contributed by atoms with Crippen LogP contribution >= 0.6 is 23.4 Å². The highest BCUT2D eigenvalue weighted by atomic mass is 35.5. The second kappa shape index (κ2) is 12.9. The summed E-state index contributed by atoms with van der Waals surface area (Å²) in [5.41, 5.74) is 0.364. The largest absolute Gasteiger partial charge is 0.511 e. The average molecular weight is 536 g/mol. The molecule has 15 heteroatoms. The Morgan fingerprint density at radius 3 is 2.49 bits per heavy atom. The molecule has 0 bridgehead atoms. The number of halogens is 1. The fourth-order valence-corrected chi connectivity index (χ4v) is 4.68. The molecular weight excluding hydrogens is 510 g/mol. The maximum Gasteiger partial charge on any atom is 0.511 e. The number of β-lactam (4-membered cyclic amide) rings is 1. The predicted octanol–water partition coefficient (Wildman–Crippen LogP) is 0.539. The fourth-order valence-electron chi connectivity index (χ4n) is 3.26. The molecule has 2 aliphatic rings. The van der Waals surface area contributed by atoms with E-state index in [1.807, 2.05) is 0 Å². The van der Waals surface area contributed by atoms with E-state index < -0.39 is 58.7 Å². The van der Waals surface area contributed by atoms with Gasteiger partial charge in [0.2, 0.25) is 18.2 Å². The number of nitrogens with zero attached hydrogens (tertiary/aromatic N) is 1. The predicted molar refractivity (Wildman–Crippen MR) is 122 cm³/mol. The number of amides is 2. The van der Waals surface area contributed by atoms with Crippen LogP contribution in [0.5, 0.6) is 0 Å². The number of nitrogens with one attached hydrogen (secondary N) is 2. The standard InChI is InChI=1S/C20H26ClN3O10S/c1-5-31-14(13(25)15(21)22)16(26)23-11-17(27)24-12(10(7-30-4)8-35-18(11)24)19(28)33-9(3)34-20(29)32-6-2/h9,11,14,18,22H,5-8H2,1-4H3,(H,23,26)/t9?,11?,14?,18-/m1/s1. The Balaban J connectivity index is 2.17. The molecule has 0 saturated carbocycles. The molecule has 1 saturated heterocycles. The van der Waals surface area contributed by atoms with Gasteiger partial charge in [0.1, 0.15) is 17.1 Å². The van der Waals surface area contributed by atoms with Crippen LogP contribution in [0.2, 0.25) is 0 Å². The zero-order valence-electron chi connectivity index (χ0n) is 19.5. The smallest absolute Gasteiger partial charge is 0.435 e. The van der Waals surface area contributed by atoms with Crippen LogP contribution in [-0.4, -0.2) is 96.3 Å². The highest BCUT2D eigenvalue weighted by Crippen LogP contribution is 2.40. The number of rotatable bonds is 12. The summed E-state index contributed by atoms with van der Waals surface area (Å²) < 4.78 is 24.8. The van der Waals surface area contributed by atoms with Gasteiger partial charge in [-0.05, 0) is 19.4 Å². The van der Waals surface area contributed by atoms with Gasteiger partial charge in [-0.25, -0.2) is 9.59 Å². The lowest BCUT2D eigenvalue weighted by Crippen LogP contribution is -2.71. The first-order valence-electron chi connectivity index (χ1n) is 10.5. The fraction of sp³-hybridized carbons (Fsp3) is 0.600. The van der Waals surface area contributed by atoms with Crippen LogP contribution in [0.3, 0.4) is 0 Å². The van der Waals surface area contributed by atoms with Gasteiger partial charge >= 0.3 is 12.1 Å². The minimum Gasteiger partial charge on any atom is -0.435 e. The topological polar surface area (TPSA) is 171 Å². The molecule has 1 fully saturated rings. The van der Waals surface area contributed by atoms with Crippen molar-refractivity contribution in [3.63, 3.8) is 0 Å². The number of ketones is 1. The van der Waals surface area contributed by atoms with Crippen molar-refractivity contribution in [3.8, 4) is 0 Å². The van der Waals surface area contributed by atoms with E-state index in [0.717, 1.165) is 4.90 Å². The SMILES string of the molecule is CCOC(=O)OC(C)OC(=O)C1=C(COC)CS[C@@H]2C(NC(=O)C(OCC)C(=O)C(=N)Cl)C(=O)N12. The third-order valence-corrected chi connectivity index (χ3v) is 6.21. The van der Waals surface area contributed by atoms with Gasteiger partial charge in [0.05, 0.1) is 13.2 Å². The second-order valence-corrected chi connectivity index (χ2v) is 8.55. The van der Waals surface area contributed by atoms with Crippen LogP contribution in [0.25, 0.3) is 0 Å². The monoisotopic (exact) mass is 535 g/mol. The van der Waals surface area contributed by atoms with E-state index in [1.165, 1.54) is 25.8 Å². The number of carbonyl (C=O) groups excluding carboxylic acids is 5. The Bertz CT molecular complexity index is 927. The number of fused-ring (bicyclic) bond motifs is 1. The molecule has 13 nitrogen and oxygen atoms in total. The van der Waals surface area contributed by atoms with E-state index in [4.69, 9.17) is 36.0 Å². The molecule has 0 aromatic rings. The molecule has 35 heavy (non-hydrogen) atoms. The number of thioether (sulfide) groups is 1. The van der Waals surface area contributed by atoms with Gasteiger partial charge < -0.3 is 29.0 Å². The third kappa shape index (κ3) is 6.72. The van der Waals surface area contributed by atoms with Gasteiger partial charge in [-0.1, -0.05) is 11.6 Å². The lowest BCUT2D eigenvalue weighted by Gasteiger charge is -2.49. The van der Waals surface area contributed by atoms with Crippen molar-refractivity contribution in [1.29, 1.82) is 5.41 Å². The summed E-state index contributed by atoms with van der Waals surface area (Å²) in [5.74, 6) is -3.29. The van der Waals surface area contributed by atoms with E-state index in [9.17, 15) is 24.0 Å². The van der Waals surface area contributed by atoms with Crippen LogP contribution in [-0.2, 0) is 42.9 Å². The van der Waals surface area contributed by atoms with Gasteiger partial charge in [-0.2, -0.15) is 0 Å². The number of methoxy groups -OCH3 is 1. The van der Waals surface area contributed by atoms with E-state index in [1.54, 1.807) is 13.8 Å². The molecule has 0 spiro atoms. The van der Waals surface area contributed by atoms with Crippen LogP contribution in [0.1, 0.15) is 20.8 Å². The second-order valence-electron chi connectivity index (χ2n) is 7.07. The molecule has 0 aromatic heterocycles. The minimum absolute atomic E-state index is 0.0118. The molecule has 3 unspecified atom stereocenters. The average Bonchev–Trinajstić information content (AvgIpc) is 2.79. The lowest BCUT2D eigenvalue weighted by molar-refractivity contribution is -0.169. The quantitative estimate of drug-likeness (QED) is 0.117. The van der Waals surface area contributed by atoms with Crippen LogP contribution < -0.4 is 5.32 Å². The summed E-state index contributed by atoms with van der Waals surface area (Å²) in [6, 6.07) is -1.08. The Hall–Kier alpha value is -2.68. The van der Waals surface area contributed by atoms with Gasteiger partial charge in [0.25, 0.3) is 11.8 Å². The molecule has 0 aromatic carbocycles. The van der Waals surface area contributed by atoms with Crippen molar-refractivity contribution in [3.05, 3.63) is 11.3 Å². The Kier molecular flexibility index (Phi) is 10.5. The minimum atomic E-state index is -1.69. The highest BCUT2D eigenvalue weighted by Gasteiger charge is 2.55. The molecule has 0 aliphatic carbocycles. The van der Waals surface area contributed by atoms with E-state index >= 15 is 0 Å². The maximum absolute atomic E-state index is 12.9. The number of hydrogen-bond acceptors (Lipinski definition) is 12. The maximum atomic E-state index is 12.9. The molecule has 2 aliphatic heterocycles. The Morgan fingerprint density at radius 1 is 1.23 bits per heavy atom. The number of Topliss-reactive ketones (excluding diaryl/α,β-unsaturated/α-hetero) is 1. The molecule has 2 N–H and O–H groups in total. The third-order valence-electron chi connectivity index (χ3n) is 4.68. The zero-order chi connectivity index (χ0) is 26.3. The van der Waals surface area contributed by atoms with E-state index in [-0.39, 0.29) is 31.3 Å². The van der Waals surface area contributed by atoms with Crippen molar-refractivity contribution >= 4 is 58.3 Å². The molecule has 2 amide bonds. The number of esters is 1. The number of hydrogen-bond donors (Lipinski definition) is 2. The first kappa shape index (κ1) is 28.6. The van der Waals surface area contributed by atoms with Crippen molar-refractivity contribution < 1.29 is 47.7 Å². The van der Waals surface area contributed by atoms with E-state index in [0.29, 0.717) is 5.57 Å². The first-order valence-corrected chi connectivity index (χ1v) is 11.9. The molecule has 2 heterocycles. The lowest BCUT2D eigenvalue weighted by atomic mass is 10.0. The summed E-state index contributed by atoms with van der Waals surface area (Å²) in [6.45, 7) is 4.51. The van der Waals surface area contributed by atoms with Crippen molar-refractivity contribution in [2.75, 3.05) is 32.7 Å². The Labute approximate surface area is 210 Å². The molecular formula is C20H26ClN3O10S. The van der Waals surface area contributed by atoms with Gasteiger partial charge in [0, 0.05) is 26.4 Å². The van der Waals surface area contributed by atoms with Crippen LogP contribution in [0.4, 0.5) is 4.79 Å². The first-order chi connectivity index (χ1) is 16.6. The van der Waals surface area contributed by atoms with Crippen molar-refractivity contribution in [2.45, 2.75) is 44.6 Å². The summed E-state index contributed by atoms with van der Waals surface area (Å²) >= 11 is 6.66. The van der Waals surface area contributed by atoms with E-state index in [2.05, 4.69) is 10.1 Å². The molecule has 0 radical (unpaired) electrons. The Morgan fingerprint density at radius 2 is 1.91 bits per heavy atom. The summed E-state index contributed by atoms with van der Waals surface area (Å²) in [7, 11) is 1.42. The van der Waals surface area contributed by atoms with Crippen molar-refractivity contribution in [1.82, 2.24) is 10.2 Å². The van der Waals surface area contributed by atoms with Crippen LogP contribution in [0.15, 0.2) is 11.3 Å².